The van der Waals surface area contributed by atoms with Gasteiger partial charge in [-0.3, -0.25) is 0 Å². The minimum atomic E-state index is -4.60. The Morgan fingerprint density at radius 3 is 2.40 bits per heavy atom. The first-order chi connectivity index (χ1) is 6.94. The van der Waals surface area contributed by atoms with Gasteiger partial charge >= 0.3 is 6.36 Å². The Bertz CT molecular complexity index is 367. The van der Waals surface area contributed by atoms with Crippen LogP contribution in [0.4, 0.5) is 13.2 Å². The third-order valence-electron chi connectivity index (χ3n) is 2.36. The molecule has 0 saturated heterocycles. The molecule has 2 rings (SSSR count). The van der Waals surface area contributed by atoms with E-state index in [1.54, 1.807) is 6.92 Å². The SMILES string of the molecule is Cc1cc(OC(F)(F)F)cc(C2CC2)c1. The lowest BCUT2D eigenvalue weighted by molar-refractivity contribution is -0.274. The molecular weight excluding hydrogens is 205 g/mol. The van der Waals surface area contributed by atoms with E-state index in [0.717, 1.165) is 24.0 Å². The normalized spacial score (nSPS) is 16.5. The van der Waals surface area contributed by atoms with Crippen LogP contribution in [-0.4, -0.2) is 6.36 Å². The Balaban J connectivity index is 2.23. The fraction of sp³-hybridized carbons (Fsp3) is 0.455. The average molecular weight is 216 g/mol. The highest BCUT2D eigenvalue weighted by molar-refractivity contribution is 5.37. The highest BCUT2D eigenvalue weighted by Crippen LogP contribution is 2.41. The van der Waals surface area contributed by atoms with Crippen LogP contribution in [0.1, 0.15) is 29.9 Å². The minimum Gasteiger partial charge on any atom is -0.406 e. The molecule has 0 N–H and O–H groups in total. The summed E-state index contributed by atoms with van der Waals surface area (Å²) in [5.41, 5.74) is 1.76. The largest absolute Gasteiger partial charge is 0.573 e. The number of rotatable bonds is 2. The molecule has 1 nitrogen and oxygen atoms in total. The summed E-state index contributed by atoms with van der Waals surface area (Å²) in [6, 6.07) is 4.80. The molecule has 15 heavy (non-hydrogen) atoms. The molecule has 0 heterocycles. The molecule has 1 fully saturated rings. The highest BCUT2D eigenvalue weighted by atomic mass is 19.4. The van der Waals surface area contributed by atoms with Gasteiger partial charge in [-0.15, -0.1) is 13.2 Å². The van der Waals surface area contributed by atoms with Crippen molar-refractivity contribution in [3.05, 3.63) is 29.3 Å². The van der Waals surface area contributed by atoms with Crippen LogP contribution in [0, 0.1) is 6.92 Å². The molecule has 0 unspecified atom stereocenters. The van der Waals surface area contributed by atoms with Crippen LogP contribution in [0.25, 0.3) is 0 Å². The van der Waals surface area contributed by atoms with Gasteiger partial charge in [-0.25, -0.2) is 0 Å². The Hall–Kier alpha value is -1.19. The van der Waals surface area contributed by atoms with E-state index in [9.17, 15) is 13.2 Å². The number of aryl methyl sites for hydroxylation is 1. The first kappa shape index (κ1) is 10.3. The molecule has 1 saturated carbocycles. The highest BCUT2D eigenvalue weighted by Gasteiger charge is 2.32. The van der Waals surface area contributed by atoms with E-state index in [4.69, 9.17) is 0 Å². The molecular formula is C11H11F3O. The number of hydrogen-bond donors (Lipinski definition) is 0. The van der Waals surface area contributed by atoms with Gasteiger partial charge in [-0.2, -0.15) is 0 Å². The Kier molecular flexibility index (Phi) is 2.37. The van der Waals surface area contributed by atoms with Crippen molar-refractivity contribution in [1.29, 1.82) is 0 Å². The molecule has 0 spiro atoms. The van der Waals surface area contributed by atoms with Crippen LogP contribution in [-0.2, 0) is 0 Å². The third-order valence-corrected chi connectivity index (χ3v) is 2.36. The molecule has 0 aromatic heterocycles. The molecule has 82 valence electrons. The van der Waals surface area contributed by atoms with Crippen LogP contribution in [0.3, 0.4) is 0 Å². The molecule has 0 radical (unpaired) electrons. The van der Waals surface area contributed by atoms with E-state index >= 15 is 0 Å². The van der Waals surface area contributed by atoms with Crippen molar-refractivity contribution in [2.24, 2.45) is 0 Å². The van der Waals surface area contributed by atoms with Crippen molar-refractivity contribution in [2.45, 2.75) is 32.0 Å². The monoisotopic (exact) mass is 216 g/mol. The van der Waals surface area contributed by atoms with Crippen molar-refractivity contribution in [3.63, 3.8) is 0 Å². The van der Waals surface area contributed by atoms with Crippen LogP contribution in [0.2, 0.25) is 0 Å². The summed E-state index contributed by atoms with van der Waals surface area (Å²) >= 11 is 0. The maximum Gasteiger partial charge on any atom is 0.573 e. The van der Waals surface area contributed by atoms with Gasteiger partial charge in [0.25, 0.3) is 0 Å². The predicted molar refractivity (Wildman–Crippen MR) is 49.8 cm³/mol. The summed E-state index contributed by atoms with van der Waals surface area (Å²) in [5.74, 6) is 0.324. The standard InChI is InChI=1S/C11H11F3O/c1-7-4-9(8-2-3-8)6-10(5-7)15-11(12,13)14/h4-6,8H,2-3H2,1H3. The molecule has 4 heteroatoms. The average Bonchev–Trinajstić information content (AvgIpc) is 2.80. The minimum absolute atomic E-state index is 0.107. The lowest BCUT2D eigenvalue weighted by atomic mass is 10.1. The third kappa shape index (κ3) is 2.88. The second-order valence-corrected chi connectivity index (χ2v) is 3.90. The maximum absolute atomic E-state index is 12.0. The zero-order valence-corrected chi connectivity index (χ0v) is 8.27. The second-order valence-electron chi connectivity index (χ2n) is 3.90. The zero-order chi connectivity index (χ0) is 11.1. The van der Waals surface area contributed by atoms with Gasteiger partial charge in [0.1, 0.15) is 5.75 Å². The van der Waals surface area contributed by atoms with E-state index in [1.165, 1.54) is 12.1 Å². The smallest absolute Gasteiger partial charge is 0.406 e. The number of alkyl halides is 3. The molecule has 0 amide bonds. The van der Waals surface area contributed by atoms with Crippen molar-refractivity contribution in [3.8, 4) is 5.75 Å². The molecule has 1 aromatic carbocycles. The van der Waals surface area contributed by atoms with Crippen molar-refractivity contribution < 1.29 is 17.9 Å². The summed E-state index contributed by atoms with van der Waals surface area (Å²) in [6.07, 6.45) is -2.47. The number of benzene rings is 1. The lowest BCUT2D eigenvalue weighted by Gasteiger charge is -2.11. The zero-order valence-electron chi connectivity index (χ0n) is 8.27. The van der Waals surface area contributed by atoms with Crippen molar-refractivity contribution >= 4 is 0 Å². The van der Waals surface area contributed by atoms with Crippen LogP contribution in [0.5, 0.6) is 5.75 Å². The Morgan fingerprint density at radius 1 is 1.20 bits per heavy atom. The number of hydrogen-bond acceptors (Lipinski definition) is 1. The fourth-order valence-electron chi connectivity index (χ4n) is 1.62. The lowest BCUT2D eigenvalue weighted by Crippen LogP contribution is -2.17. The predicted octanol–water partition coefficient (Wildman–Crippen LogP) is 3.77. The maximum atomic E-state index is 12.0. The molecule has 0 bridgehead atoms. The first-order valence-electron chi connectivity index (χ1n) is 4.81. The Labute approximate surface area is 85.9 Å². The fourth-order valence-corrected chi connectivity index (χ4v) is 1.62. The van der Waals surface area contributed by atoms with Gasteiger partial charge in [-0.05, 0) is 48.9 Å². The summed E-state index contributed by atoms with van der Waals surface area (Å²) in [4.78, 5) is 0. The molecule has 0 aliphatic heterocycles. The topological polar surface area (TPSA) is 9.23 Å². The van der Waals surface area contributed by atoms with Gasteiger partial charge in [0.15, 0.2) is 0 Å². The summed E-state index contributed by atoms with van der Waals surface area (Å²) in [7, 11) is 0. The summed E-state index contributed by atoms with van der Waals surface area (Å²) in [5, 5.41) is 0. The second kappa shape index (κ2) is 3.43. The molecule has 1 aliphatic rings. The number of halogens is 3. The Morgan fingerprint density at radius 2 is 1.87 bits per heavy atom. The summed E-state index contributed by atoms with van der Waals surface area (Å²) < 4.78 is 39.9. The first-order valence-corrected chi connectivity index (χ1v) is 4.81. The summed E-state index contributed by atoms with van der Waals surface area (Å²) in [6.45, 7) is 1.77. The van der Waals surface area contributed by atoms with E-state index in [-0.39, 0.29) is 5.75 Å². The van der Waals surface area contributed by atoms with Crippen LogP contribution < -0.4 is 4.74 Å². The van der Waals surface area contributed by atoms with E-state index in [1.807, 2.05) is 6.07 Å². The quantitative estimate of drug-likeness (QED) is 0.731. The van der Waals surface area contributed by atoms with E-state index in [0.29, 0.717) is 5.92 Å². The van der Waals surface area contributed by atoms with Gasteiger partial charge in [0, 0.05) is 0 Å². The van der Waals surface area contributed by atoms with Crippen LogP contribution >= 0.6 is 0 Å². The van der Waals surface area contributed by atoms with Gasteiger partial charge in [0.2, 0.25) is 0 Å². The van der Waals surface area contributed by atoms with Crippen LogP contribution in [0.15, 0.2) is 18.2 Å². The van der Waals surface area contributed by atoms with Crippen molar-refractivity contribution in [2.75, 3.05) is 0 Å². The number of ether oxygens (including phenoxy) is 1. The molecule has 0 atom stereocenters. The van der Waals surface area contributed by atoms with Gasteiger partial charge in [-0.1, -0.05) is 6.07 Å². The molecule has 1 aromatic rings. The van der Waals surface area contributed by atoms with Gasteiger partial charge in [0.05, 0.1) is 0 Å². The molecule has 1 aliphatic carbocycles. The van der Waals surface area contributed by atoms with Crippen molar-refractivity contribution in [1.82, 2.24) is 0 Å². The van der Waals surface area contributed by atoms with Gasteiger partial charge < -0.3 is 4.74 Å². The van der Waals surface area contributed by atoms with E-state index in [2.05, 4.69) is 4.74 Å². The van der Waals surface area contributed by atoms with E-state index < -0.39 is 6.36 Å².